The lowest BCUT2D eigenvalue weighted by molar-refractivity contribution is 0.0728. The van der Waals surface area contributed by atoms with Crippen molar-refractivity contribution in [3.8, 4) is 0 Å². The number of nitrogens with zero attached hydrogens (tertiary/aromatic N) is 3. The summed E-state index contributed by atoms with van der Waals surface area (Å²) in [6.45, 7) is 2.84. The first-order valence-electron chi connectivity index (χ1n) is 7.13. The number of likely N-dealkylation sites (tertiary alicyclic amines) is 1. The number of rotatable bonds is 2. The van der Waals surface area contributed by atoms with Crippen LogP contribution in [0.5, 0.6) is 0 Å². The van der Waals surface area contributed by atoms with Crippen molar-refractivity contribution in [2.24, 2.45) is 7.05 Å². The molecule has 4 nitrogen and oxygen atoms in total. The summed E-state index contributed by atoms with van der Waals surface area (Å²) in [4.78, 5) is 14.6. The molecular weight excluding hydrogens is 286 g/mol. The molecule has 1 atom stereocenters. The quantitative estimate of drug-likeness (QED) is 0.853. The molecule has 0 aliphatic carbocycles. The summed E-state index contributed by atoms with van der Waals surface area (Å²) < 4.78 is 1.58. The fourth-order valence-corrected chi connectivity index (χ4v) is 3.29. The first-order valence-corrected chi connectivity index (χ1v) is 7.51. The zero-order valence-electron chi connectivity index (χ0n) is 12.2. The van der Waals surface area contributed by atoms with E-state index in [2.05, 4.69) is 24.2 Å². The molecule has 21 heavy (non-hydrogen) atoms. The number of aromatic nitrogens is 2. The van der Waals surface area contributed by atoms with Gasteiger partial charge in [-0.1, -0.05) is 35.9 Å². The van der Waals surface area contributed by atoms with Crippen molar-refractivity contribution in [3.63, 3.8) is 0 Å². The number of amides is 1. The molecule has 1 fully saturated rings. The first kappa shape index (κ1) is 14.1. The van der Waals surface area contributed by atoms with Crippen molar-refractivity contribution in [2.75, 3.05) is 6.54 Å². The molecule has 0 saturated carbocycles. The summed E-state index contributed by atoms with van der Waals surface area (Å²) in [7, 11) is 1.77. The highest BCUT2D eigenvalue weighted by Crippen LogP contribution is 2.35. The van der Waals surface area contributed by atoms with Crippen LogP contribution in [0.1, 0.15) is 40.5 Å². The summed E-state index contributed by atoms with van der Waals surface area (Å²) in [6, 6.07) is 8.36. The summed E-state index contributed by atoms with van der Waals surface area (Å²) in [6.07, 6.45) is 3.66. The van der Waals surface area contributed by atoms with Gasteiger partial charge in [-0.3, -0.25) is 9.48 Å². The van der Waals surface area contributed by atoms with Crippen LogP contribution in [0.25, 0.3) is 0 Å². The lowest BCUT2D eigenvalue weighted by atomic mass is 9.99. The maximum Gasteiger partial charge on any atom is 0.276 e. The second-order valence-corrected chi connectivity index (χ2v) is 5.92. The molecule has 0 spiro atoms. The Morgan fingerprint density at radius 2 is 2.14 bits per heavy atom. The standard InChI is InChI=1S/C16H18ClN3O/c1-11-6-3-4-7-12(11)14-8-5-9-20(14)16(21)15-13(17)10-19(2)18-15/h3-4,6-7,10,14H,5,8-9H2,1-2H3. The van der Waals surface area contributed by atoms with Crippen molar-refractivity contribution in [1.29, 1.82) is 0 Å². The molecule has 1 aliphatic rings. The second kappa shape index (κ2) is 5.53. The van der Waals surface area contributed by atoms with Gasteiger partial charge in [0.25, 0.3) is 5.91 Å². The minimum absolute atomic E-state index is 0.0775. The smallest absolute Gasteiger partial charge is 0.276 e. The van der Waals surface area contributed by atoms with Gasteiger partial charge in [0.15, 0.2) is 5.69 Å². The first-order chi connectivity index (χ1) is 10.1. The molecule has 1 saturated heterocycles. The summed E-state index contributed by atoms with van der Waals surface area (Å²) in [5, 5.41) is 4.61. The minimum atomic E-state index is -0.0775. The number of halogens is 1. The lowest BCUT2D eigenvalue weighted by Gasteiger charge is -2.25. The predicted molar refractivity (Wildman–Crippen MR) is 82.4 cm³/mol. The van der Waals surface area contributed by atoms with Gasteiger partial charge in [-0.25, -0.2) is 0 Å². The van der Waals surface area contributed by atoms with Crippen LogP contribution in [-0.2, 0) is 7.05 Å². The molecule has 1 amide bonds. The third-order valence-electron chi connectivity index (χ3n) is 4.05. The Morgan fingerprint density at radius 1 is 1.38 bits per heavy atom. The lowest BCUT2D eigenvalue weighted by Crippen LogP contribution is -2.31. The van der Waals surface area contributed by atoms with Gasteiger partial charge in [-0.15, -0.1) is 0 Å². The molecule has 1 aromatic heterocycles. The molecule has 5 heteroatoms. The van der Waals surface area contributed by atoms with E-state index in [1.54, 1.807) is 17.9 Å². The number of hydrogen-bond acceptors (Lipinski definition) is 2. The van der Waals surface area contributed by atoms with Gasteiger partial charge in [0, 0.05) is 19.8 Å². The highest BCUT2D eigenvalue weighted by molar-refractivity contribution is 6.33. The van der Waals surface area contributed by atoms with E-state index in [9.17, 15) is 4.79 Å². The summed E-state index contributed by atoms with van der Waals surface area (Å²) >= 11 is 6.11. The topological polar surface area (TPSA) is 38.1 Å². The largest absolute Gasteiger partial charge is 0.330 e. The molecule has 1 aliphatic heterocycles. The average Bonchev–Trinajstić information content (AvgIpc) is 3.05. The molecule has 0 radical (unpaired) electrons. The van der Waals surface area contributed by atoms with Gasteiger partial charge in [0.05, 0.1) is 11.1 Å². The second-order valence-electron chi connectivity index (χ2n) is 5.51. The molecule has 1 unspecified atom stereocenters. The molecule has 2 aromatic rings. The van der Waals surface area contributed by atoms with Crippen molar-refractivity contribution in [1.82, 2.24) is 14.7 Å². The number of aryl methyl sites for hydroxylation is 2. The van der Waals surface area contributed by atoms with E-state index < -0.39 is 0 Å². The zero-order valence-corrected chi connectivity index (χ0v) is 13.0. The average molecular weight is 304 g/mol. The van der Waals surface area contributed by atoms with E-state index in [4.69, 9.17) is 11.6 Å². The third kappa shape index (κ3) is 2.56. The van der Waals surface area contributed by atoms with Gasteiger partial charge in [-0.2, -0.15) is 5.10 Å². The van der Waals surface area contributed by atoms with E-state index in [0.29, 0.717) is 10.7 Å². The molecule has 3 rings (SSSR count). The SMILES string of the molecule is Cc1ccccc1C1CCCN1C(=O)c1nn(C)cc1Cl. The highest BCUT2D eigenvalue weighted by atomic mass is 35.5. The number of benzene rings is 1. The Balaban J connectivity index is 1.93. The summed E-state index contributed by atoms with van der Waals surface area (Å²) in [5.74, 6) is -0.0775. The maximum absolute atomic E-state index is 12.7. The van der Waals surface area contributed by atoms with E-state index in [1.807, 2.05) is 17.0 Å². The van der Waals surface area contributed by atoms with Crippen LogP contribution in [0.2, 0.25) is 5.02 Å². The van der Waals surface area contributed by atoms with E-state index in [0.717, 1.165) is 19.4 Å². The van der Waals surface area contributed by atoms with Gasteiger partial charge in [-0.05, 0) is 30.9 Å². The van der Waals surface area contributed by atoms with Gasteiger partial charge < -0.3 is 4.90 Å². The third-order valence-corrected chi connectivity index (χ3v) is 4.32. The Kier molecular flexibility index (Phi) is 3.72. The molecule has 1 aromatic carbocycles. The maximum atomic E-state index is 12.7. The van der Waals surface area contributed by atoms with E-state index in [1.165, 1.54) is 11.1 Å². The Labute approximate surface area is 129 Å². The van der Waals surface area contributed by atoms with E-state index >= 15 is 0 Å². The van der Waals surface area contributed by atoms with Crippen molar-refractivity contribution in [3.05, 3.63) is 52.3 Å². The molecule has 0 bridgehead atoms. The van der Waals surface area contributed by atoms with Crippen LogP contribution in [0, 0.1) is 6.92 Å². The Hall–Kier alpha value is -1.81. The molecule has 110 valence electrons. The van der Waals surface area contributed by atoms with Crippen molar-refractivity contribution >= 4 is 17.5 Å². The Bertz CT molecular complexity index is 680. The fraction of sp³-hybridized carbons (Fsp3) is 0.375. The molecular formula is C16H18ClN3O. The van der Waals surface area contributed by atoms with Crippen LogP contribution in [0.4, 0.5) is 0 Å². The number of carbonyl (C=O) groups is 1. The number of hydrogen-bond donors (Lipinski definition) is 0. The van der Waals surface area contributed by atoms with Crippen LogP contribution in [0.3, 0.4) is 0 Å². The summed E-state index contributed by atoms with van der Waals surface area (Å²) in [5.41, 5.74) is 2.78. The Morgan fingerprint density at radius 3 is 2.81 bits per heavy atom. The molecule has 0 N–H and O–H groups in total. The predicted octanol–water partition coefficient (Wildman–Crippen LogP) is 3.36. The fourth-order valence-electron chi connectivity index (χ4n) is 3.03. The van der Waals surface area contributed by atoms with Crippen LogP contribution in [0.15, 0.2) is 30.5 Å². The van der Waals surface area contributed by atoms with Gasteiger partial charge in [0.2, 0.25) is 0 Å². The van der Waals surface area contributed by atoms with Crippen molar-refractivity contribution in [2.45, 2.75) is 25.8 Å². The van der Waals surface area contributed by atoms with E-state index in [-0.39, 0.29) is 11.9 Å². The number of carbonyl (C=O) groups excluding carboxylic acids is 1. The highest BCUT2D eigenvalue weighted by Gasteiger charge is 2.33. The minimum Gasteiger partial charge on any atom is -0.330 e. The van der Waals surface area contributed by atoms with Crippen molar-refractivity contribution < 1.29 is 4.79 Å². The normalized spacial score (nSPS) is 18.2. The zero-order chi connectivity index (χ0) is 15.0. The van der Waals surface area contributed by atoms with Crippen LogP contribution in [-0.4, -0.2) is 27.1 Å². The van der Waals surface area contributed by atoms with Crippen LogP contribution >= 0.6 is 11.6 Å². The monoisotopic (exact) mass is 303 g/mol. The van der Waals surface area contributed by atoms with Gasteiger partial charge in [0.1, 0.15) is 0 Å². The van der Waals surface area contributed by atoms with Crippen LogP contribution < -0.4 is 0 Å². The van der Waals surface area contributed by atoms with Gasteiger partial charge >= 0.3 is 0 Å². The molecule has 2 heterocycles.